The van der Waals surface area contributed by atoms with Gasteiger partial charge in [-0.25, -0.2) is 0 Å². The van der Waals surface area contributed by atoms with Crippen molar-refractivity contribution in [3.05, 3.63) is 35.4 Å². The predicted octanol–water partition coefficient (Wildman–Crippen LogP) is 3.62. The van der Waals surface area contributed by atoms with E-state index >= 15 is 0 Å². The number of carbonyl (C=O) groups is 1. The second-order valence-electron chi connectivity index (χ2n) is 4.42. The van der Waals surface area contributed by atoms with Gasteiger partial charge in [-0.15, -0.1) is 0 Å². The van der Waals surface area contributed by atoms with E-state index in [-0.39, 0.29) is 0 Å². The highest BCUT2D eigenvalue weighted by atomic mass is 16.1. The number of hydrogen-bond donors (Lipinski definition) is 0. The lowest BCUT2D eigenvalue weighted by Crippen LogP contribution is -2.03. The van der Waals surface area contributed by atoms with Crippen LogP contribution in [0, 0.1) is 5.92 Å². The average Bonchev–Trinajstić information content (AvgIpc) is 3.09. The molecule has 0 aliphatic heterocycles. The Balaban J connectivity index is 2.02. The Kier molecular flexibility index (Phi) is 3.20. The molecule has 1 fully saturated rings. The molecule has 1 aromatic rings. The van der Waals surface area contributed by atoms with Gasteiger partial charge in [0.2, 0.25) is 0 Å². The first-order valence-corrected chi connectivity index (χ1v) is 5.92. The van der Waals surface area contributed by atoms with Crippen LogP contribution in [0.2, 0.25) is 0 Å². The smallest absolute Gasteiger partial charge is 0.163 e. The topological polar surface area (TPSA) is 17.1 Å². The molecule has 15 heavy (non-hydrogen) atoms. The van der Waals surface area contributed by atoms with E-state index in [0.29, 0.717) is 5.78 Å². The minimum Gasteiger partial charge on any atom is -0.294 e. The quantitative estimate of drug-likeness (QED) is 0.666. The number of ketones is 1. The molecule has 0 aromatic heterocycles. The summed E-state index contributed by atoms with van der Waals surface area (Å²) in [5, 5.41) is 0. The molecule has 80 valence electrons. The molecule has 1 saturated carbocycles. The van der Waals surface area contributed by atoms with Gasteiger partial charge in [-0.3, -0.25) is 4.79 Å². The fourth-order valence-electron chi connectivity index (χ4n) is 1.98. The Hall–Kier alpha value is -1.11. The summed E-state index contributed by atoms with van der Waals surface area (Å²) in [7, 11) is 0. The van der Waals surface area contributed by atoms with E-state index < -0.39 is 0 Å². The summed E-state index contributed by atoms with van der Waals surface area (Å²) in [6, 6.07) is 8.00. The summed E-state index contributed by atoms with van der Waals surface area (Å²) in [6.07, 6.45) is 5.45. The van der Waals surface area contributed by atoms with Crippen molar-refractivity contribution < 1.29 is 4.79 Å². The van der Waals surface area contributed by atoms with E-state index in [9.17, 15) is 4.79 Å². The monoisotopic (exact) mass is 202 g/mol. The molecule has 2 rings (SSSR count). The predicted molar refractivity (Wildman–Crippen MR) is 62.1 cm³/mol. The van der Waals surface area contributed by atoms with Crippen molar-refractivity contribution in [3.63, 3.8) is 0 Å². The summed E-state index contributed by atoms with van der Waals surface area (Å²) in [6.45, 7) is 2.10. The van der Waals surface area contributed by atoms with Gasteiger partial charge in [0, 0.05) is 12.0 Å². The van der Waals surface area contributed by atoms with E-state index in [1.807, 2.05) is 18.2 Å². The Bertz CT molecular complexity index is 350. The van der Waals surface area contributed by atoms with E-state index in [0.717, 1.165) is 30.7 Å². The van der Waals surface area contributed by atoms with Crippen LogP contribution in [0.25, 0.3) is 0 Å². The molecule has 0 atom stereocenters. The molecule has 1 heteroatoms. The third-order valence-corrected chi connectivity index (χ3v) is 3.18. The third kappa shape index (κ3) is 2.68. The van der Waals surface area contributed by atoms with Gasteiger partial charge >= 0.3 is 0 Å². The second-order valence-corrected chi connectivity index (χ2v) is 4.42. The molecule has 1 aromatic carbocycles. The van der Waals surface area contributed by atoms with Gasteiger partial charge in [-0.2, -0.15) is 0 Å². The zero-order valence-corrected chi connectivity index (χ0v) is 9.33. The van der Waals surface area contributed by atoms with Crippen LogP contribution in [0.15, 0.2) is 24.3 Å². The van der Waals surface area contributed by atoms with Crippen molar-refractivity contribution in [2.45, 2.75) is 39.0 Å². The number of aryl methyl sites for hydroxylation is 1. The first-order chi connectivity index (χ1) is 7.31. The Morgan fingerprint density at radius 2 is 2.07 bits per heavy atom. The van der Waals surface area contributed by atoms with Gasteiger partial charge in [0.1, 0.15) is 0 Å². The zero-order chi connectivity index (χ0) is 10.7. The Labute approximate surface area is 91.5 Å². The van der Waals surface area contributed by atoms with Crippen LogP contribution >= 0.6 is 0 Å². The zero-order valence-electron chi connectivity index (χ0n) is 9.33. The molecule has 0 N–H and O–H groups in total. The fraction of sp³-hybridized carbons (Fsp3) is 0.500. The van der Waals surface area contributed by atoms with Gasteiger partial charge < -0.3 is 0 Å². The maximum atomic E-state index is 12.0. The normalized spacial score (nSPS) is 15.3. The lowest BCUT2D eigenvalue weighted by atomic mass is 9.98. The molecular weight excluding hydrogens is 184 g/mol. The lowest BCUT2D eigenvalue weighted by molar-refractivity contribution is 0.0977. The minimum absolute atomic E-state index is 0.333. The first kappa shape index (κ1) is 10.4. The summed E-state index contributed by atoms with van der Waals surface area (Å²) >= 11 is 0. The molecule has 0 unspecified atom stereocenters. The highest BCUT2D eigenvalue weighted by molar-refractivity contribution is 5.97. The molecule has 1 aliphatic rings. The molecule has 0 amide bonds. The van der Waals surface area contributed by atoms with E-state index in [4.69, 9.17) is 0 Å². The van der Waals surface area contributed by atoms with Gasteiger partial charge in [-0.05, 0) is 24.3 Å². The van der Waals surface area contributed by atoms with Crippen molar-refractivity contribution in [3.8, 4) is 0 Å². The van der Waals surface area contributed by atoms with Crippen molar-refractivity contribution in [1.29, 1.82) is 0 Å². The molecule has 0 saturated heterocycles. The Morgan fingerprint density at radius 1 is 1.33 bits per heavy atom. The average molecular weight is 202 g/mol. The Morgan fingerprint density at radius 3 is 2.73 bits per heavy atom. The molecule has 1 nitrogen and oxygen atoms in total. The first-order valence-electron chi connectivity index (χ1n) is 5.92. The van der Waals surface area contributed by atoms with Crippen LogP contribution < -0.4 is 0 Å². The van der Waals surface area contributed by atoms with Crippen molar-refractivity contribution >= 4 is 5.78 Å². The molecule has 0 bridgehead atoms. The van der Waals surface area contributed by atoms with Crippen molar-refractivity contribution in [2.75, 3.05) is 0 Å². The number of Topliss-reactive ketones (excluding diaryl/α,β-unsaturated/α-hetero) is 1. The van der Waals surface area contributed by atoms with Crippen LogP contribution in [0.4, 0.5) is 0 Å². The van der Waals surface area contributed by atoms with Crippen LogP contribution in [-0.2, 0) is 6.42 Å². The number of hydrogen-bond acceptors (Lipinski definition) is 1. The summed E-state index contributed by atoms with van der Waals surface area (Å²) < 4.78 is 0. The maximum absolute atomic E-state index is 12.0. The van der Waals surface area contributed by atoms with Crippen LogP contribution in [-0.4, -0.2) is 5.78 Å². The van der Waals surface area contributed by atoms with Gasteiger partial charge in [-0.1, -0.05) is 44.0 Å². The van der Waals surface area contributed by atoms with E-state index in [2.05, 4.69) is 13.0 Å². The van der Waals surface area contributed by atoms with Crippen LogP contribution in [0.5, 0.6) is 0 Å². The standard InChI is InChI=1S/C14H18O/c1-2-12-5-3-4-6-13(12)14(15)10-9-11-7-8-11/h3-6,11H,2,7-10H2,1H3. The molecule has 1 aliphatic carbocycles. The van der Waals surface area contributed by atoms with Crippen LogP contribution in [0.1, 0.15) is 48.5 Å². The highest BCUT2D eigenvalue weighted by Crippen LogP contribution is 2.34. The summed E-state index contributed by atoms with van der Waals surface area (Å²) in [5.41, 5.74) is 2.14. The fourth-order valence-corrected chi connectivity index (χ4v) is 1.98. The van der Waals surface area contributed by atoms with Crippen LogP contribution in [0.3, 0.4) is 0 Å². The number of rotatable bonds is 5. The molecule has 0 spiro atoms. The van der Waals surface area contributed by atoms with Crippen molar-refractivity contribution in [2.24, 2.45) is 5.92 Å². The highest BCUT2D eigenvalue weighted by Gasteiger charge is 2.22. The minimum atomic E-state index is 0.333. The summed E-state index contributed by atoms with van der Waals surface area (Å²) in [5.74, 6) is 1.18. The van der Waals surface area contributed by atoms with Gasteiger partial charge in [0.15, 0.2) is 5.78 Å². The SMILES string of the molecule is CCc1ccccc1C(=O)CCC1CC1. The number of benzene rings is 1. The number of carbonyl (C=O) groups excluding carboxylic acids is 1. The van der Waals surface area contributed by atoms with E-state index in [1.165, 1.54) is 18.4 Å². The maximum Gasteiger partial charge on any atom is 0.163 e. The largest absolute Gasteiger partial charge is 0.294 e. The molecular formula is C14H18O. The molecule has 0 heterocycles. The lowest BCUT2D eigenvalue weighted by Gasteiger charge is -2.05. The van der Waals surface area contributed by atoms with E-state index in [1.54, 1.807) is 0 Å². The van der Waals surface area contributed by atoms with Crippen molar-refractivity contribution in [1.82, 2.24) is 0 Å². The summed E-state index contributed by atoms with van der Waals surface area (Å²) in [4.78, 5) is 12.0. The second kappa shape index (κ2) is 4.61. The van der Waals surface area contributed by atoms with Gasteiger partial charge in [0.05, 0.1) is 0 Å². The third-order valence-electron chi connectivity index (χ3n) is 3.18. The van der Waals surface area contributed by atoms with Gasteiger partial charge in [0.25, 0.3) is 0 Å². The molecule has 0 radical (unpaired) electrons.